The second-order valence-corrected chi connectivity index (χ2v) is 8.60. The molecule has 4 rings (SSSR count). The Morgan fingerprint density at radius 2 is 1.44 bits per heavy atom. The van der Waals surface area contributed by atoms with E-state index in [1.165, 1.54) is 24.3 Å². The van der Waals surface area contributed by atoms with Gasteiger partial charge in [0.25, 0.3) is 0 Å². The molecule has 0 unspecified atom stereocenters. The fraction of sp³-hybridized carbons (Fsp3) is 0. The van der Waals surface area contributed by atoms with E-state index in [4.69, 9.17) is 52.1 Å². The van der Waals surface area contributed by atoms with E-state index < -0.39 is 5.78 Å². The number of nitrogens with one attached hydrogen (secondary N) is 1. The van der Waals surface area contributed by atoms with Crippen molar-refractivity contribution in [2.24, 2.45) is 0 Å². The topological polar surface area (TPSA) is 76.0 Å². The molecule has 4 aromatic rings. The predicted molar refractivity (Wildman–Crippen MR) is 130 cm³/mol. The quantitative estimate of drug-likeness (QED) is 0.279. The lowest BCUT2D eigenvalue weighted by molar-refractivity contribution is 0.103. The molecule has 0 atom stereocenters. The summed E-state index contributed by atoms with van der Waals surface area (Å²) < 4.78 is 0. The Kier molecular flexibility index (Phi) is 6.31. The predicted octanol–water partition coefficient (Wildman–Crippen LogP) is 7.34. The molecular weight excluding hydrogens is 490 g/mol. The van der Waals surface area contributed by atoms with Gasteiger partial charge < -0.3 is 10.7 Å². The Morgan fingerprint density at radius 1 is 0.719 bits per heavy atom. The molecule has 0 aliphatic carbocycles. The lowest BCUT2D eigenvalue weighted by Crippen LogP contribution is -2.07. The average molecular weight is 504 g/mol. The Labute approximate surface area is 203 Å². The van der Waals surface area contributed by atoms with Gasteiger partial charge in [0.05, 0.1) is 21.3 Å². The molecule has 8 heteroatoms. The fourth-order valence-corrected chi connectivity index (χ4v) is 4.20. The van der Waals surface area contributed by atoms with Crippen LogP contribution in [-0.4, -0.2) is 16.6 Å². The maximum atomic E-state index is 13.5. The van der Waals surface area contributed by atoms with Gasteiger partial charge in [-0.05, 0) is 30.3 Å². The molecular formula is C24H14Cl4N2O2. The molecule has 0 fully saturated rings. The van der Waals surface area contributed by atoms with E-state index in [9.17, 15) is 9.59 Å². The first-order chi connectivity index (χ1) is 15.3. The van der Waals surface area contributed by atoms with Gasteiger partial charge in [-0.1, -0.05) is 82.8 Å². The van der Waals surface area contributed by atoms with Crippen LogP contribution in [0.5, 0.6) is 0 Å². The van der Waals surface area contributed by atoms with Crippen molar-refractivity contribution < 1.29 is 9.59 Å². The summed E-state index contributed by atoms with van der Waals surface area (Å²) in [5, 5.41) is 1.21. The third-order valence-electron chi connectivity index (χ3n) is 4.90. The third kappa shape index (κ3) is 4.15. The van der Waals surface area contributed by atoms with Crippen molar-refractivity contribution in [1.82, 2.24) is 4.98 Å². The molecule has 0 bridgehead atoms. The van der Waals surface area contributed by atoms with Gasteiger partial charge in [-0.25, -0.2) is 0 Å². The van der Waals surface area contributed by atoms with E-state index in [-0.39, 0.29) is 44.0 Å². The number of carbonyl (C=O) groups excluding carboxylic acids is 2. The summed E-state index contributed by atoms with van der Waals surface area (Å²) in [5.74, 6) is -0.752. The lowest BCUT2D eigenvalue weighted by atomic mass is 9.93. The zero-order valence-electron chi connectivity index (χ0n) is 16.3. The molecule has 3 aromatic carbocycles. The maximum Gasteiger partial charge on any atom is 0.209 e. The van der Waals surface area contributed by atoms with Crippen molar-refractivity contribution in [3.8, 4) is 11.1 Å². The van der Waals surface area contributed by atoms with Crippen molar-refractivity contribution in [1.29, 1.82) is 0 Å². The van der Waals surface area contributed by atoms with Gasteiger partial charge >= 0.3 is 0 Å². The van der Waals surface area contributed by atoms with E-state index in [1.807, 2.05) is 0 Å². The third-order valence-corrected chi connectivity index (χ3v) is 6.19. The van der Waals surface area contributed by atoms with Crippen LogP contribution in [0.4, 0.5) is 5.82 Å². The molecule has 0 aliphatic rings. The number of ketones is 2. The molecule has 0 aliphatic heterocycles. The van der Waals surface area contributed by atoms with Gasteiger partial charge in [-0.2, -0.15) is 0 Å². The van der Waals surface area contributed by atoms with Crippen LogP contribution in [0.3, 0.4) is 0 Å². The minimum atomic E-state index is -0.439. The number of hydrogen-bond acceptors (Lipinski definition) is 3. The first kappa shape index (κ1) is 22.4. The highest BCUT2D eigenvalue weighted by atomic mass is 35.5. The highest BCUT2D eigenvalue weighted by Crippen LogP contribution is 2.39. The van der Waals surface area contributed by atoms with E-state index in [0.717, 1.165) is 0 Å². The first-order valence-corrected chi connectivity index (χ1v) is 10.9. The number of nitrogen functional groups attached to an aromatic ring is 1. The zero-order valence-corrected chi connectivity index (χ0v) is 19.3. The molecule has 4 nitrogen and oxygen atoms in total. The smallest absolute Gasteiger partial charge is 0.209 e. The largest absolute Gasteiger partial charge is 0.385 e. The van der Waals surface area contributed by atoms with E-state index in [0.29, 0.717) is 21.2 Å². The van der Waals surface area contributed by atoms with Gasteiger partial charge in [0, 0.05) is 32.3 Å². The molecule has 1 heterocycles. The minimum Gasteiger partial charge on any atom is -0.385 e. The Hall–Kier alpha value is -2.76. The van der Waals surface area contributed by atoms with Crippen LogP contribution in [0, 0.1) is 0 Å². The number of H-pyrrole nitrogens is 1. The molecule has 0 amide bonds. The van der Waals surface area contributed by atoms with Crippen molar-refractivity contribution in [3.05, 3.63) is 109 Å². The second kappa shape index (κ2) is 9.00. The normalized spacial score (nSPS) is 10.9. The van der Waals surface area contributed by atoms with E-state index in [2.05, 4.69) is 4.98 Å². The molecule has 1 aromatic heterocycles. The van der Waals surface area contributed by atoms with Crippen LogP contribution in [0.1, 0.15) is 32.0 Å². The summed E-state index contributed by atoms with van der Waals surface area (Å²) in [6.07, 6.45) is 0. The van der Waals surface area contributed by atoms with E-state index >= 15 is 0 Å². The summed E-state index contributed by atoms with van der Waals surface area (Å²) in [6, 6.07) is 17.9. The number of carbonyl (C=O) groups is 2. The molecule has 0 saturated carbocycles. The molecule has 0 spiro atoms. The number of anilines is 1. The highest BCUT2D eigenvalue weighted by Gasteiger charge is 2.29. The molecule has 0 radical (unpaired) electrons. The van der Waals surface area contributed by atoms with Crippen LogP contribution < -0.4 is 5.73 Å². The number of aromatic amines is 1. The van der Waals surface area contributed by atoms with Crippen LogP contribution >= 0.6 is 46.4 Å². The van der Waals surface area contributed by atoms with Crippen LogP contribution in [0.15, 0.2) is 66.7 Å². The lowest BCUT2D eigenvalue weighted by Gasteiger charge is -2.10. The summed E-state index contributed by atoms with van der Waals surface area (Å²) in [6.45, 7) is 0. The number of rotatable bonds is 5. The van der Waals surface area contributed by atoms with Crippen LogP contribution in [0.2, 0.25) is 20.1 Å². The summed E-state index contributed by atoms with van der Waals surface area (Å²) >= 11 is 24.6. The number of halogens is 4. The van der Waals surface area contributed by atoms with Crippen LogP contribution in [-0.2, 0) is 0 Å². The molecule has 3 N–H and O–H groups in total. The molecule has 160 valence electrons. The van der Waals surface area contributed by atoms with E-state index in [1.54, 1.807) is 42.5 Å². The SMILES string of the molecule is Nc1[nH]c(C(=O)c2ccccc2)c(-c2ccc(Cl)cc2Cl)c1C(=O)c1ccc(Cl)c(Cl)c1. The van der Waals surface area contributed by atoms with Gasteiger partial charge in [0.15, 0.2) is 5.78 Å². The summed E-state index contributed by atoms with van der Waals surface area (Å²) in [5.41, 5.74) is 7.88. The monoisotopic (exact) mass is 502 g/mol. The zero-order chi connectivity index (χ0) is 23.0. The average Bonchev–Trinajstić information content (AvgIpc) is 3.12. The Morgan fingerprint density at radius 3 is 2.09 bits per heavy atom. The number of nitrogens with two attached hydrogens (primary N) is 1. The summed E-state index contributed by atoms with van der Waals surface area (Å²) in [7, 11) is 0. The van der Waals surface area contributed by atoms with Crippen LogP contribution in [0.25, 0.3) is 11.1 Å². The van der Waals surface area contributed by atoms with Crippen molar-refractivity contribution in [2.75, 3.05) is 5.73 Å². The van der Waals surface area contributed by atoms with Gasteiger partial charge in [0.2, 0.25) is 5.78 Å². The second-order valence-electron chi connectivity index (χ2n) is 6.94. The fourth-order valence-electron chi connectivity index (χ4n) is 3.40. The van der Waals surface area contributed by atoms with Gasteiger partial charge in [-0.3, -0.25) is 9.59 Å². The number of benzene rings is 3. The minimum absolute atomic E-state index is 0.0290. The van der Waals surface area contributed by atoms with Crippen molar-refractivity contribution in [3.63, 3.8) is 0 Å². The first-order valence-electron chi connectivity index (χ1n) is 9.34. The van der Waals surface area contributed by atoms with Gasteiger partial charge in [0.1, 0.15) is 5.82 Å². The summed E-state index contributed by atoms with van der Waals surface area (Å²) in [4.78, 5) is 29.7. The Balaban J connectivity index is 1.97. The van der Waals surface area contributed by atoms with Gasteiger partial charge in [-0.15, -0.1) is 0 Å². The Bertz CT molecular complexity index is 1360. The standard InChI is InChI=1S/C24H14Cl4N2O2/c25-14-7-8-15(17(27)11-14)19-20(22(31)13-6-9-16(26)18(28)10-13)24(29)30-21(19)23(32)12-4-2-1-3-5-12/h1-11,30H,29H2. The molecule has 0 saturated heterocycles. The molecule has 32 heavy (non-hydrogen) atoms. The highest BCUT2D eigenvalue weighted by molar-refractivity contribution is 6.42. The number of hydrogen-bond donors (Lipinski definition) is 2. The van der Waals surface area contributed by atoms with Crippen molar-refractivity contribution >= 4 is 63.8 Å². The number of aromatic nitrogens is 1. The van der Waals surface area contributed by atoms with Crippen molar-refractivity contribution in [2.45, 2.75) is 0 Å². The maximum absolute atomic E-state index is 13.5.